The van der Waals surface area contributed by atoms with Crippen molar-refractivity contribution in [2.45, 2.75) is 20.8 Å². The molecule has 2 aromatic heterocycles. The summed E-state index contributed by atoms with van der Waals surface area (Å²) in [5.74, 6) is -4.47. The molecular formula is C16H16N2O7S. The third-order valence-corrected chi connectivity index (χ3v) is 4.27. The number of rotatable bonds is 4. The van der Waals surface area contributed by atoms with Crippen LogP contribution in [0.2, 0.25) is 0 Å². The molecule has 0 aliphatic rings. The molecule has 0 radical (unpaired) electrons. The molecule has 0 amide bonds. The molecule has 9 nitrogen and oxygen atoms in total. The largest absolute Gasteiger partial charge is 0.478 e. The summed E-state index contributed by atoms with van der Waals surface area (Å²) in [4.78, 5) is 51.5. The quantitative estimate of drug-likeness (QED) is 0.767. The lowest BCUT2D eigenvalue weighted by Crippen LogP contribution is -2.32. The monoisotopic (exact) mass is 380 g/mol. The average molecular weight is 380 g/mol. The van der Waals surface area contributed by atoms with Crippen LogP contribution in [0.4, 0.5) is 0 Å². The molecule has 0 bridgehead atoms. The Morgan fingerprint density at radius 3 is 2.31 bits per heavy atom. The van der Waals surface area contributed by atoms with Gasteiger partial charge in [0.1, 0.15) is 0 Å². The summed E-state index contributed by atoms with van der Waals surface area (Å²) in [6.45, 7) is 4.65. The Morgan fingerprint density at radius 2 is 1.81 bits per heavy atom. The summed E-state index contributed by atoms with van der Waals surface area (Å²) in [6.07, 6.45) is 0. The Bertz CT molecular complexity index is 966. The van der Waals surface area contributed by atoms with Gasteiger partial charge in [0.2, 0.25) is 5.75 Å². The molecule has 0 fully saturated rings. The van der Waals surface area contributed by atoms with Crippen LogP contribution < -0.4 is 10.3 Å². The van der Waals surface area contributed by atoms with E-state index in [0.717, 1.165) is 15.9 Å². The topological polar surface area (TPSA) is 136 Å². The highest BCUT2D eigenvalue weighted by atomic mass is 32.1. The molecule has 0 saturated heterocycles. The number of hydrogen-bond donors (Lipinski definition) is 2. The minimum absolute atomic E-state index is 0.117. The van der Waals surface area contributed by atoms with Crippen molar-refractivity contribution in [1.82, 2.24) is 9.55 Å². The first-order valence-electron chi connectivity index (χ1n) is 7.33. The van der Waals surface area contributed by atoms with Gasteiger partial charge in [0, 0.05) is 7.05 Å². The van der Waals surface area contributed by atoms with Crippen molar-refractivity contribution >= 4 is 29.2 Å². The zero-order chi connectivity index (χ0) is 19.8. The number of esters is 1. The van der Waals surface area contributed by atoms with Crippen LogP contribution in [0.15, 0.2) is 16.2 Å². The van der Waals surface area contributed by atoms with E-state index < -0.39 is 40.3 Å². The van der Waals surface area contributed by atoms with Crippen molar-refractivity contribution in [3.63, 3.8) is 0 Å². The van der Waals surface area contributed by atoms with Crippen molar-refractivity contribution in [1.29, 1.82) is 0 Å². The highest BCUT2D eigenvalue weighted by molar-refractivity contribution is 7.13. The van der Waals surface area contributed by atoms with Crippen LogP contribution in [0.1, 0.15) is 41.6 Å². The second kappa shape index (κ2) is 6.71. The zero-order valence-electron chi connectivity index (χ0n) is 14.4. The molecule has 0 aliphatic carbocycles. The van der Waals surface area contributed by atoms with Crippen LogP contribution in [0.3, 0.4) is 0 Å². The molecule has 0 aliphatic heterocycles. The molecule has 26 heavy (non-hydrogen) atoms. The number of carboxylic acid groups (broad SMARTS) is 2. The summed E-state index contributed by atoms with van der Waals surface area (Å²) in [5, 5.41) is 20.1. The van der Waals surface area contributed by atoms with Gasteiger partial charge in [0.25, 0.3) is 5.56 Å². The second-order valence-corrected chi connectivity index (χ2v) is 7.31. The van der Waals surface area contributed by atoms with E-state index in [0.29, 0.717) is 0 Å². The SMILES string of the molecule is Cn1c(-c2sccc2C(=O)O)nc(C(=O)O)c(OC(=O)C(C)(C)C)c1=O. The van der Waals surface area contributed by atoms with Crippen molar-refractivity contribution in [3.8, 4) is 16.5 Å². The molecule has 0 aromatic carbocycles. The fraction of sp³-hybridized carbons (Fsp3) is 0.312. The standard InChI is InChI=1S/C16H16N2O7S/c1-16(2,3)15(24)25-9-8(14(22)23)17-11(18(4)12(9)19)10-7(13(20)21)5-6-26-10/h5-6H,1-4H3,(H,20,21)(H,22,23). The summed E-state index contributed by atoms with van der Waals surface area (Å²) in [7, 11) is 1.29. The number of carbonyl (C=O) groups excluding carboxylic acids is 1. The first-order chi connectivity index (χ1) is 11.9. The number of carboxylic acids is 2. The molecule has 2 aromatic rings. The van der Waals surface area contributed by atoms with Crippen molar-refractivity contribution in [2.24, 2.45) is 12.5 Å². The summed E-state index contributed by atoms with van der Waals surface area (Å²) < 4.78 is 5.96. The smallest absolute Gasteiger partial charge is 0.358 e. The number of thiophene rings is 1. The summed E-state index contributed by atoms with van der Waals surface area (Å²) >= 11 is 0.995. The number of carbonyl (C=O) groups is 3. The molecule has 10 heteroatoms. The van der Waals surface area contributed by atoms with Gasteiger partial charge in [-0.2, -0.15) is 0 Å². The van der Waals surface area contributed by atoms with E-state index in [-0.39, 0.29) is 16.3 Å². The van der Waals surface area contributed by atoms with E-state index >= 15 is 0 Å². The predicted molar refractivity (Wildman–Crippen MR) is 91.8 cm³/mol. The maximum atomic E-state index is 12.6. The first-order valence-corrected chi connectivity index (χ1v) is 8.21. The highest BCUT2D eigenvalue weighted by Gasteiger charge is 2.30. The van der Waals surface area contributed by atoms with E-state index in [9.17, 15) is 29.4 Å². The fourth-order valence-electron chi connectivity index (χ4n) is 1.92. The molecule has 2 heterocycles. The Morgan fingerprint density at radius 1 is 1.19 bits per heavy atom. The Labute approximate surface area is 151 Å². The number of hydrogen-bond acceptors (Lipinski definition) is 7. The molecule has 2 N–H and O–H groups in total. The van der Waals surface area contributed by atoms with Crippen molar-refractivity contribution in [2.75, 3.05) is 0 Å². The van der Waals surface area contributed by atoms with Crippen molar-refractivity contribution < 1.29 is 29.3 Å². The number of aromatic nitrogens is 2. The van der Waals surface area contributed by atoms with Crippen LogP contribution in [-0.4, -0.2) is 37.7 Å². The molecule has 0 saturated carbocycles. The lowest BCUT2D eigenvalue weighted by atomic mass is 9.97. The number of aromatic carboxylic acids is 2. The molecule has 0 spiro atoms. The van der Waals surface area contributed by atoms with E-state index in [4.69, 9.17) is 4.74 Å². The van der Waals surface area contributed by atoms with E-state index in [1.807, 2.05) is 0 Å². The molecular weight excluding hydrogens is 364 g/mol. The Hall–Kier alpha value is -3.01. The van der Waals surface area contributed by atoms with Crippen LogP contribution in [-0.2, 0) is 11.8 Å². The lowest BCUT2D eigenvalue weighted by molar-refractivity contribution is -0.143. The fourth-order valence-corrected chi connectivity index (χ4v) is 2.83. The molecule has 138 valence electrons. The minimum atomic E-state index is -1.57. The molecule has 0 unspecified atom stereocenters. The van der Waals surface area contributed by atoms with Gasteiger partial charge in [-0.15, -0.1) is 11.3 Å². The highest BCUT2D eigenvalue weighted by Crippen LogP contribution is 2.29. The zero-order valence-corrected chi connectivity index (χ0v) is 15.2. The lowest BCUT2D eigenvalue weighted by Gasteiger charge is -2.17. The van der Waals surface area contributed by atoms with E-state index in [1.54, 1.807) is 20.8 Å². The van der Waals surface area contributed by atoms with Crippen molar-refractivity contribution in [3.05, 3.63) is 33.1 Å². The van der Waals surface area contributed by atoms with Gasteiger partial charge in [0.15, 0.2) is 11.5 Å². The van der Waals surface area contributed by atoms with Gasteiger partial charge in [-0.3, -0.25) is 14.2 Å². The van der Waals surface area contributed by atoms with Crippen LogP contribution in [0.5, 0.6) is 5.75 Å². The van der Waals surface area contributed by atoms with Gasteiger partial charge in [0.05, 0.1) is 15.9 Å². The summed E-state index contributed by atoms with van der Waals surface area (Å²) in [5.41, 5.74) is -2.75. The normalized spacial score (nSPS) is 11.2. The molecule has 2 rings (SSSR count). The average Bonchev–Trinajstić information content (AvgIpc) is 3.00. The van der Waals surface area contributed by atoms with Gasteiger partial charge < -0.3 is 14.9 Å². The number of ether oxygens (including phenoxy) is 1. The summed E-state index contributed by atoms with van der Waals surface area (Å²) in [6, 6.07) is 1.32. The third kappa shape index (κ3) is 3.49. The van der Waals surface area contributed by atoms with E-state index in [2.05, 4.69) is 4.98 Å². The van der Waals surface area contributed by atoms with Crippen LogP contribution in [0.25, 0.3) is 10.7 Å². The van der Waals surface area contributed by atoms with Gasteiger partial charge in [-0.25, -0.2) is 14.6 Å². The Kier molecular flexibility index (Phi) is 4.99. The Balaban J connectivity index is 2.72. The minimum Gasteiger partial charge on any atom is -0.478 e. The number of nitrogens with zero attached hydrogens (tertiary/aromatic N) is 2. The van der Waals surface area contributed by atoms with Gasteiger partial charge in [-0.1, -0.05) is 0 Å². The first kappa shape index (κ1) is 19.3. The van der Waals surface area contributed by atoms with Gasteiger partial charge in [-0.05, 0) is 32.2 Å². The van der Waals surface area contributed by atoms with Gasteiger partial charge >= 0.3 is 17.9 Å². The molecule has 0 atom stereocenters. The maximum absolute atomic E-state index is 12.6. The maximum Gasteiger partial charge on any atom is 0.358 e. The van der Waals surface area contributed by atoms with Crippen LogP contribution in [0, 0.1) is 5.41 Å². The third-order valence-electron chi connectivity index (χ3n) is 3.36. The van der Waals surface area contributed by atoms with E-state index in [1.165, 1.54) is 18.5 Å². The second-order valence-electron chi connectivity index (χ2n) is 6.39. The predicted octanol–water partition coefficient (Wildman–Crippen LogP) is 1.86. The van der Waals surface area contributed by atoms with Crippen LogP contribution >= 0.6 is 11.3 Å².